The minimum Gasteiger partial charge on any atom is -0.390 e. The molecule has 6 N–H and O–H groups in total. The summed E-state index contributed by atoms with van der Waals surface area (Å²) in [4.78, 5) is 52.5. The largest absolute Gasteiger partial charge is 0.490 e. The zero-order chi connectivity index (χ0) is 32.2. The van der Waals surface area contributed by atoms with Gasteiger partial charge in [0.25, 0.3) is 0 Å². The number of pyridine rings is 1. The molecule has 1 aliphatic carbocycles. The second kappa shape index (κ2) is 17.9. The number of phosphoric ester groups is 1. The first kappa shape index (κ1) is 37.7. The van der Waals surface area contributed by atoms with Crippen LogP contribution in [0.3, 0.4) is 0 Å². The summed E-state index contributed by atoms with van der Waals surface area (Å²) >= 11 is 0. The van der Waals surface area contributed by atoms with Gasteiger partial charge in [0.1, 0.15) is 11.1 Å². The average molecular weight is 719 g/mol. The molecular formula is C24H37N2O13P3S2. The molecule has 1 saturated carbocycles. The molecule has 0 aromatic carbocycles. The number of ether oxygens (including phenoxy) is 1. The second-order valence-electron chi connectivity index (χ2n) is 10.1. The van der Waals surface area contributed by atoms with Gasteiger partial charge in [-0.3, -0.25) is 9.32 Å². The molecule has 0 spiro atoms. The molecule has 2 heterocycles. The van der Waals surface area contributed by atoms with Crippen LogP contribution in [-0.4, -0.2) is 72.8 Å². The van der Waals surface area contributed by atoms with E-state index in [-0.39, 0.29) is 36.8 Å². The fraction of sp³-hybridized carbons (Fsp3) is 0.667. The summed E-state index contributed by atoms with van der Waals surface area (Å²) in [6.45, 7) is -0.415. The van der Waals surface area contributed by atoms with Crippen molar-refractivity contribution >= 4 is 51.0 Å². The van der Waals surface area contributed by atoms with Crippen LogP contribution < -0.4 is 5.32 Å². The lowest BCUT2D eigenvalue weighted by Crippen LogP contribution is -2.27. The van der Waals surface area contributed by atoms with E-state index in [4.69, 9.17) is 14.5 Å². The van der Waals surface area contributed by atoms with E-state index in [1.54, 1.807) is 17.0 Å². The third kappa shape index (κ3) is 14.8. The minimum atomic E-state index is -5.63. The maximum atomic E-state index is 12.1. The predicted octanol–water partition coefficient (Wildman–Crippen LogP) is 3.78. The molecule has 1 aliphatic heterocycles. The number of aliphatic hydroxyl groups excluding tert-OH is 1. The fourth-order valence-corrected chi connectivity index (χ4v) is 9.66. The van der Waals surface area contributed by atoms with Crippen molar-refractivity contribution in [3.05, 3.63) is 24.4 Å². The van der Waals surface area contributed by atoms with E-state index in [9.17, 15) is 33.4 Å². The third-order valence-corrected chi connectivity index (χ3v) is 12.8. The van der Waals surface area contributed by atoms with Crippen molar-refractivity contribution in [1.82, 2.24) is 10.3 Å². The van der Waals surface area contributed by atoms with Crippen LogP contribution in [-0.2, 0) is 36.4 Å². The Labute approximate surface area is 263 Å². The summed E-state index contributed by atoms with van der Waals surface area (Å²) in [5.41, 5.74) is 0. The Balaban J connectivity index is 1.38. The van der Waals surface area contributed by atoms with Crippen LogP contribution in [0.4, 0.5) is 0 Å². The Bertz CT molecular complexity index is 1280. The first-order chi connectivity index (χ1) is 20.7. The zero-order valence-electron chi connectivity index (χ0n) is 23.6. The molecule has 1 amide bonds. The van der Waals surface area contributed by atoms with Gasteiger partial charge in [-0.05, 0) is 54.5 Å². The molecule has 2 aliphatic rings. The number of amides is 1. The molecule has 0 bridgehead atoms. The molecule has 44 heavy (non-hydrogen) atoms. The van der Waals surface area contributed by atoms with Gasteiger partial charge in [0.2, 0.25) is 5.91 Å². The second-order valence-corrected chi connectivity index (χ2v) is 17.0. The molecule has 15 nitrogen and oxygen atoms in total. The summed E-state index contributed by atoms with van der Waals surface area (Å²) in [5.74, 6) is 7.15. The van der Waals surface area contributed by atoms with Crippen molar-refractivity contribution in [2.45, 2.75) is 74.7 Å². The number of carbonyl (C=O) groups excluding carboxylic acids is 1. The van der Waals surface area contributed by atoms with Crippen LogP contribution in [0.25, 0.3) is 0 Å². The Morgan fingerprint density at radius 2 is 1.84 bits per heavy atom. The van der Waals surface area contributed by atoms with Crippen molar-refractivity contribution < 1.29 is 61.1 Å². The Morgan fingerprint density at radius 1 is 1.07 bits per heavy atom. The third-order valence-electron chi connectivity index (χ3n) is 6.73. The molecule has 2 fully saturated rings. The lowest BCUT2D eigenvalue weighted by Gasteiger charge is -2.27. The Hall–Kier alpha value is -0.790. The highest BCUT2D eigenvalue weighted by atomic mass is 33.1. The summed E-state index contributed by atoms with van der Waals surface area (Å²) in [6.07, 6.45) is 5.15. The van der Waals surface area contributed by atoms with E-state index in [2.05, 4.69) is 35.3 Å². The van der Waals surface area contributed by atoms with Gasteiger partial charge >= 0.3 is 23.5 Å². The standard InChI is InChI=1S/C24H37N2O13P3S2/c27-20-16-21(37-22(20)17-36-41(32,33)39-42(34,35)38-40(29,30)31)19-8-2-1-6-18(10-11-19)7-5-14-25-23(28)12-15-43-44-24-9-3-4-13-26-24/h3-4,9,13,18-22,27H,1-2,6,8,10-12,14-17H2,(H,25,28)(H,32,33)(H,34,35)(H2,29,30,31)/t18?,19?,20?,21-,22-/m1/s1. The molecule has 1 saturated heterocycles. The summed E-state index contributed by atoms with van der Waals surface area (Å²) in [7, 11) is -13.4. The zero-order valence-corrected chi connectivity index (χ0v) is 27.9. The molecule has 0 radical (unpaired) electrons. The van der Waals surface area contributed by atoms with E-state index >= 15 is 0 Å². The van der Waals surface area contributed by atoms with Gasteiger partial charge in [0.05, 0.1) is 25.4 Å². The van der Waals surface area contributed by atoms with Gasteiger partial charge in [-0.15, -0.1) is 0 Å². The van der Waals surface area contributed by atoms with Crippen LogP contribution in [0.1, 0.15) is 51.4 Å². The summed E-state index contributed by atoms with van der Waals surface area (Å²) in [6, 6.07) is 5.68. The van der Waals surface area contributed by atoms with Gasteiger partial charge < -0.3 is 34.7 Å². The molecule has 248 valence electrons. The van der Waals surface area contributed by atoms with Crippen LogP contribution >= 0.6 is 45.1 Å². The van der Waals surface area contributed by atoms with E-state index < -0.39 is 42.3 Å². The van der Waals surface area contributed by atoms with Gasteiger partial charge in [-0.1, -0.05) is 41.5 Å². The van der Waals surface area contributed by atoms with Crippen LogP contribution in [0.2, 0.25) is 0 Å². The number of phosphoric acid groups is 3. The van der Waals surface area contributed by atoms with Crippen molar-refractivity contribution in [2.24, 2.45) is 11.8 Å². The maximum absolute atomic E-state index is 12.1. The predicted molar refractivity (Wildman–Crippen MR) is 162 cm³/mol. The van der Waals surface area contributed by atoms with Crippen molar-refractivity contribution in [2.75, 3.05) is 18.9 Å². The normalized spacial score (nSPS) is 27.2. The highest BCUT2D eigenvalue weighted by Gasteiger charge is 2.43. The number of nitrogens with zero attached hydrogens (tertiary/aromatic N) is 1. The number of rotatable bonds is 14. The van der Waals surface area contributed by atoms with Crippen LogP contribution in [0, 0.1) is 23.7 Å². The number of aliphatic hydroxyl groups is 1. The van der Waals surface area contributed by atoms with Gasteiger partial charge in [0.15, 0.2) is 0 Å². The van der Waals surface area contributed by atoms with Crippen LogP contribution in [0.5, 0.6) is 0 Å². The first-order valence-corrected chi connectivity index (χ1v) is 20.6. The van der Waals surface area contributed by atoms with Crippen molar-refractivity contribution in [3.63, 3.8) is 0 Å². The Kier molecular flexibility index (Phi) is 15.4. The number of aromatic nitrogens is 1. The lowest BCUT2D eigenvalue weighted by atomic mass is 9.82. The van der Waals surface area contributed by atoms with Gasteiger partial charge in [-0.25, -0.2) is 18.7 Å². The number of carbonyl (C=O) groups is 1. The summed E-state index contributed by atoms with van der Waals surface area (Å²) < 4.78 is 52.2. The van der Waals surface area contributed by atoms with E-state index in [0.29, 0.717) is 12.2 Å². The molecule has 1 aromatic rings. The smallest absolute Gasteiger partial charge is 0.390 e. The number of nitrogens with one attached hydrogen (secondary N) is 1. The molecule has 7 atom stereocenters. The lowest BCUT2D eigenvalue weighted by molar-refractivity contribution is -0.120. The highest BCUT2D eigenvalue weighted by Crippen LogP contribution is 2.66. The van der Waals surface area contributed by atoms with Gasteiger partial charge in [0, 0.05) is 30.7 Å². The van der Waals surface area contributed by atoms with E-state index in [1.165, 1.54) is 10.8 Å². The minimum absolute atomic E-state index is 0.0643. The molecule has 1 aromatic heterocycles. The van der Waals surface area contributed by atoms with E-state index in [1.807, 2.05) is 18.2 Å². The number of hydrogen-bond donors (Lipinski definition) is 6. The highest BCUT2D eigenvalue weighted by molar-refractivity contribution is 8.76. The number of hydrogen-bond acceptors (Lipinski definition) is 12. The fourth-order valence-electron chi connectivity index (χ4n) is 4.76. The topological polar surface area (TPSA) is 231 Å². The quantitative estimate of drug-likeness (QED) is 0.0695. The SMILES string of the molecule is O=C(CCSSc1ccccn1)NCC#CC1CCCCC([C@H]2CC(O)[C@@H](COP(=O)(O)OP(=O)(O)OP(=O)(O)O)O2)CC1. The van der Waals surface area contributed by atoms with Crippen molar-refractivity contribution in [1.29, 1.82) is 0 Å². The Morgan fingerprint density at radius 3 is 2.57 bits per heavy atom. The van der Waals surface area contributed by atoms with Crippen molar-refractivity contribution in [3.8, 4) is 11.8 Å². The summed E-state index contributed by atoms with van der Waals surface area (Å²) in [5, 5.41) is 14.2. The maximum Gasteiger partial charge on any atom is 0.490 e. The monoisotopic (exact) mass is 718 g/mol. The average Bonchev–Trinajstić information content (AvgIpc) is 3.27. The molecule has 20 heteroatoms. The molecular weight excluding hydrogens is 681 g/mol. The molecule has 3 rings (SSSR count). The van der Waals surface area contributed by atoms with Crippen LogP contribution in [0.15, 0.2) is 29.4 Å². The van der Waals surface area contributed by atoms with E-state index in [0.717, 1.165) is 43.6 Å². The first-order valence-electron chi connectivity index (χ1n) is 13.8. The molecule has 5 unspecified atom stereocenters. The van der Waals surface area contributed by atoms with Gasteiger partial charge in [-0.2, -0.15) is 8.62 Å².